The molecule has 0 aliphatic heterocycles. The van der Waals surface area contributed by atoms with Crippen molar-refractivity contribution in [3.05, 3.63) is 90.5 Å². The summed E-state index contributed by atoms with van der Waals surface area (Å²) in [5, 5.41) is 2.57. The van der Waals surface area contributed by atoms with Crippen LogP contribution in [0.4, 0.5) is 0 Å². The first-order valence-electron chi connectivity index (χ1n) is 9.08. The third-order valence-electron chi connectivity index (χ3n) is 4.82. The predicted octanol–water partition coefficient (Wildman–Crippen LogP) is 6.58. The lowest BCUT2D eigenvalue weighted by molar-refractivity contribution is 0.218. The standard InChI is InChI=1S/C24H27N.ClH/c1-19(2)25(18-21-9-5-4-6-10-21)16-15-20(3)23-14-13-22-11-7-8-12-24(22)17-23;/h4-14,17,19H,3,15-16,18H2,1-2H3;1H. The molecule has 0 aliphatic rings. The van der Waals surface area contributed by atoms with Crippen LogP contribution in [0.2, 0.25) is 0 Å². The molecule has 0 unspecified atom stereocenters. The van der Waals surface area contributed by atoms with E-state index in [9.17, 15) is 0 Å². The molecule has 0 aliphatic carbocycles. The van der Waals surface area contributed by atoms with Crippen LogP contribution in [-0.2, 0) is 6.54 Å². The molecule has 0 amide bonds. The van der Waals surface area contributed by atoms with Crippen LogP contribution in [0, 0.1) is 0 Å². The Morgan fingerprint density at radius 3 is 2.23 bits per heavy atom. The van der Waals surface area contributed by atoms with Crippen LogP contribution >= 0.6 is 12.4 Å². The quantitative estimate of drug-likeness (QED) is 0.457. The van der Waals surface area contributed by atoms with Gasteiger partial charge >= 0.3 is 0 Å². The van der Waals surface area contributed by atoms with E-state index in [2.05, 4.69) is 98.1 Å². The maximum Gasteiger partial charge on any atom is 0.0236 e. The minimum Gasteiger partial charge on any atom is -0.296 e. The fraction of sp³-hybridized carbons (Fsp3) is 0.250. The Labute approximate surface area is 163 Å². The van der Waals surface area contributed by atoms with Gasteiger partial charge in [-0.2, -0.15) is 0 Å². The number of rotatable bonds is 7. The van der Waals surface area contributed by atoms with Crippen LogP contribution < -0.4 is 0 Å². The summed E-state index contributed by atoms with van der Waals surface area (Å²) in [4.78, 5) is 2.52. The number of hydrogen-bond donors (Lipinski definition) is 0. The molecule has 26 heavy (non-hydrogen) atoms. The van der Waals surface area contributed by atoms with Gasteiger partial charge in [-0.3, -0.25) is 4.90 Å². The summed E-state index contributed by atoms with van der Waals surface area (Å²) in [6.07, 6.45) is 0.989. The molecule has 136 valence electrons. The van der Waals surface area contributed by atoms with Gasteiger partial charge in [-0.25, -0.2) is 0 Å². The Bertz CT molecular complexity index is 839. The van der Waals surface area contributed by atoms with E-state index in [1.807, 2.05) is 0 Å². The second-order valence-electron chi connectivity index (χ2n) is 6.97. The number of halogens is 1. The van der Waals surface area contributed by atoms with Crippen LogP contribution in [0.3, 0.4) is 0 Å². The molecule has 0 saturated carbocycles. The van der Waals surface area contributed by atoms with Gasteiger partial charge in [0.1, 0.15) is 0 Å². The van der Waals surface area contributed by atoms with Crippen molar-refractivity contribution in [3.8, 4) is 0 Å². The zero-order chi connectivity index (χ0) is 17.6. The van der Waals surface area contributed by atoms with Gasteiger partial charge in [0.25, 0.3) is 0 Å². The summed E-state index contributed by atoms with van der Waals surface area (Å²) >= 11 is 0. The van der Waals surface area contributed by atoms with E-state index in [0.29, 0.717) is 6.04 Å². The van der Waals surface area contributed by atoms with Gasteiger partial charge < -0.3 is 0 Å². The Morgan fingerprint density at radius 1 is 0.885 bits per heavy atom. The van der Waals surface area contributed by atoms with E-state index in [1.165, 1.54) is 27.5 Å². The van der Waals surface area contributed by atoms with Gasteiger partial charge in [-0.05, 0) is 53.8 Å². The van der Waals surface area contributed by atoms with Crippen LogP contribution in [0.1, 0.15) is 31.4 Å². The molecule has 0 fully saturated rings. The molecular weight excluding hydrogens is 338 g/mol. The zero-order valence-electron chi connectivity index (χ0n) is 15.7. The molecule has 0 spiro atoms. The molecule has 0 saturated heterocycles. The van der Waals surface area contributed by atoms with E-state index in [4.69, 9.17) is 0 Å². The third kappa shape index (κ3) is 5.20. The van der Waals surface area contributed by atoms with Gasteiger partial charge in [-0.15, -0.1) is 12.4 Å². The van der Waals surface area contributed by atoms with Crippen LogP contribution in [0.5, 0.6) is 0 Å². The van der Waals surface area contributed by atoms with Crippen LogP contribution in [0.25, 0.3) is 16.3 Å². The van der Waals surface area contributed by atoms with Crippen molar-refractivity contribution in [1.82, 2.24) is 4.90 Å². The predicted molar refractivity (Wildman–Crippen MR) is 117 cm³/mol. The molecule has 0 heterocycles. The Balaban J connectivity index is 0.00000243. The maximum atomic E-state index is 4.34. The van der Waals surface area contributed by atoms with E-state index in [-0.39, 0.29) is 12.4 Å². The van der Waals surface area contributed by atoms with E-state index >= 15 is 0 Å². The van der Waals surface area contributed by atoms with E-state index < -0.39 is 0 Å². The Kier molecular flexibility index (Phi) is 7.44. The summed E-state index contributed by atoms with van der Waals surface area (Å²) in [5.41, 5.74) is 3.83. The molecular formula is C24H28ClN. The smallest absolute Gasteiger partial charge is 0.0236 e. The van der Waals surface area contributed by atoms with Gasteiger partial charge in [0.2, 0.25) is 0 Å². The molecule has 0 aromatic heterocycles. The highest BCUT2D eigenvalue weighted by atomic mass is 35.5. The highest BCUT2D eigenvalue weighted by Gasteiger charge is 2.11. The zero-order valence-corrected chi connectivity index (χ0v) is 16.5. The molecule has 0 atom stereocenters. The summed E-state index contributed by atoms with van der Waals surface area (Å²) in [6, 6.07) is 26.4. The SMILES string of the molecule is C=C(CCN(Cc1ccccc1)C(C)C)c1ccc2ccccc2c1.Cl. The fourth-order valence-electron chi connectivity index (χ4n) is 3.17. The maximum absolute atomic E-state index is 4.34. The average molecular weight is 366 g/mol. The first-order chi connectivity index (χ1) is 12.1. The number of nitrogens with zero attached hydrogens (tertiary/aromatic N) is 1. The third-order valence-corrected chi connectivity index (χ3v) is 4.82. The van der Waals surface area contributed by atoms with Crippen molar-refractivity contribution >= 4 is 28.8 Å². The normalized spacial score (nSPS) is 10.9. The average Bonchev–Trinajstić information content (AvgIpc) is 2.65. The summed E-state index contributed by atoms with van der Waals surface area (Å²) in [6.45, 7) is 10.9. The lowest BCUT2D eigenvalue weighted by Crippen LogP contribution is -2.31. The monoisotopic (exact) mass is 365 g/mol. The molecule has 3 aromatic rings. The molecule has 0 N–H and O–H groups in total. The minimum atomic E-state index is 0. The highest BCUT2D eigenvalue weighted by molar-refractivity contribution is 5.86. The van der Waals surface area contributed by atoms with Gasteiger partial charge in [-0.1, -0.05) is 73.3 Å². The molecule has 0 bridgehead atoms. The van der Waals surface area contributed by atoms with Crippen molar-refractivity contribution in [3.63, 3.8) is 0 Å². The number of hydrogen-bond acceptors (Lipinski definition) is 1. The fourth-order valence-corrected chi connectivity index (χ4v) is 3.17. The summed E-state index contributed by atoms with van der Waals surface area (Å²) in [7, 11) is 0. The number of fused-ring (bicyclic) bond motifs is 1. The van der Waals surface area contributed by atoms with Crippen molar-refractivity contribution in [2.45, 2.75) is 32.9 Å². The second-order valence-corrected chi connectivity index (χ2v) is 6.97. The van der Waals surface area contributed by atoms with Gasteiger partial charge in [0, 0.05) is 19.1 Å². The Hall–Kier alpha value is -2.09. The van der Waals surface area contributed by atoms with Crippen molar-refractivity contribution in [2.75, 3.05) is 6.54 Å². The molecule has 3 aromatic carbocycles. The topological polar surface area (TPSA) is 3.24 Å². The van der Waals surface area contributed by atoms with E-state index in [1.54, 1.807) is 0 Å². The molecule has 3 rings (SSSR count). The summed E-state index contributed by atoms with van der Waals surface area (Å²) < 4.78 is 0. The first kappa shape index (κ1) is 20.2. The lowest BCUT2D eigenvalue weighted by Gasteiger charge is -2.27. The van der Waals surface area contributed by atoms with Crippen LogP contribution in [0.15, 0.2) is 79.4 Å². The van der Waals surface area contributed by atoms with Crippen molar-refractivity contribution < 1.29 is 0 Å². The van der Waals surface area contributed by atoms with Gasteiger partial charge in [0.05, 0.1) is 0 Å². The van der Waals surface area contributed by atoms with E-state index in [0.717, 1.165) is 19.5 Å². The van der Waals surface area contributed by atoms with Crippen LogP contribution in [-0.4, -0.2) is 17.5 Å². The van der Waals surface area contributed by atoms with Crippen molar-refractivity contribution in [2.24, 2.45) is 0 Å². The number of benzene rings is 3. The minimum absolute atomic E-state index is 0. The molecule has 0 radical (unpaired) electrons. The Morgan fingerprint density at radius 2 is 1.54 bits per heavy atom. The second kappa shape index (κ2) is 9.56. The van der Waals surface area contributed by atoms with Crippen molar-refractivity contribution in [1.29, 1.82) is 0 Å². The van der Waals surface area contributed by atoms with Gasteiger partial charge in [0.15, 0.2) is 0 Å². The molecule has 2 heteroatoms. The largest absolute Gasteiger partial charge is 0.296 e. The first-order valence-corrected chi connectivity index (χ1v) is 9.08. The highest BCUT2D eigenvalue weighted by Crippen LogP contribution is 2.23. The lowest BCUT2D eigenvalue weighted by atomic mass is 10.00. The molecule has 1 nitrogen and oxygen atoms in total. The summed E-state index contributed by atoms with van der Waals surface area (Å²) in [5.74, 6) is 0.